The monoisotopic (exact) mass is 415 g/mol. The molecule has 0 aliphatic heterocycles. The standard InChI is InChI=1S/C19H18ClN5O2S/c1-12-5-7-15(8-6-12)22-17(26)11-28-19-24-23-16(18(27)25(19)21)10-13-3-2-4-14(20)9-13/h2-9H,10-11,21H2,1H3,(H,22,26). The molecule has 9 heteroatoms. The Morgan fingerprint density at radius 3 is 2.68 bits per heavy atom. The number of amides is 1. The fraction of sp³-hybridized carbons (Fsp3) is 0.158. The Kier molecular flexibility index (Phi) is 6.33. The average Bonchev–Trinajstić information content (AvgIpc) is 2.67. The highest BCUT2D eigenvalue weighted by molar-refractivity contribution is 7.99. The number of carbonyl (C=O) groups is 1. The molecule has 0 spiro atoms. The first kappa shape index (κ1) is 19.9. The predicted octanol–water partition coefficient (Wildman–Crippen LogP) is 2.64. The van der Waals surface area contributed by atoms with Gasteiger partial charge in [-0.3, -0.25) is 9.59 Å². The van der Waals surface area contributed by atoms with Crippen LogP contribution in [0, 0.1) is 6.92 Å². The molecule has 0 fully saturated rings. The second kappa shape index (κ2) is 8.90. The highest BCUT2D eigenvalue weighted by atomic mass is 35.5. The van der Waals surface area contributed by atoms with Crippen molar-refractivity contribution in [2.24, 2.45) is 0 Å². The van der Waals surface area contributed by atoms with Gasteiger partial charge < -0.3 is 11.2 Å². The minimum absolute atomic E-state index is 0.0484. The van der Waals surface area contributed by atoms with E-state index in [9.17, 15) is 9.59 Å². The van der Waals surface area contributed by atoms with Gasteiger partial charge in [0.25, 0.3) is 5.56 Å². The first-order valence-electron chi connectivity index (χ1n) is 8.40. The third kappa shape index (κ3) is 5.11. The van der Waals surface area contributed by atoms with Gasteiger partial charge in [-0.15, -0.1) is 10.2 Å². The van der Waals surface area contributed by atoms with Crippen molar-refractivity contribution in [2.45, 2.75) is 18.5 Å². The maximum atomic E-state index is 12.4. The summed E-state index contributed by atoms with van der Waals surface area (Å²) in [5, 5.41) is 11.5. The summed E-state index contributed by atoms with van der Waals surface area (Å²) in [5.41, 5.74) is 2.38. The summed E-state index contributed by atoms with van der Waals surface area (Å²) in [6, 6.07) is 14.6. The zero-order chi connectivity index (χ0) is 20.1. The van der Waals surface area contributed by atoms with Gasteiger partial charge in [-0.25, -0.2) is 0 Å². The molecule has 1 amide bonds. The van der Waals surface area contributed by atoms with Crippen LogP contribution in [0.25, 0.3) is 0 Å². The first-order valence-corrected chi connectivity index (χ1v) is 9.76. The third-order valence-electron chi connectivity index (χ3n) is 3.86. The summed E-state index contributed by atoms with van der Waals surface area (Å²) in [6.45, 7) is 1.97. The second-order valence-electron chi connectivity index (χ2n) is 6.11. The number of anilines is 1. The van der Waals surface area contributed by atoms with E-state index in [1.807, 2.05) is 37.3 Å². The summed E-state index contributed by atoms with van der Waals surface area (Å²) in [4.78, 5) is 24.5. The van der Waals surface area contributed by atoms with Crippen molar-refractivity contribution in [2.75, 3.05) is 16.9 Å². The van der Waals surface area contributed by atoms with Gasteiger partial charge in [0.1, 0.15) is 5.69 Å². The Hall–Kier alpha value is -2.84. The molecule has 1 heterocycles. The summed E-state index contributed by atoms with van der Waals surface area (Å²) in [6.07, 6.45) is 0.266. The number of nitrogens with one attached hydrogen (secondary N) is 1. The summed E-state index contributed by atoms with van der Waals surface area (Å²) in [5.74, 6) is 5.66. The molecule has 2 aromatic carbocycles. The van der Waals surface area contributed by atoms with Gasteiger partial charge in [0.2, 0.25) is 11.1 Å². The van der Waals surface area contributed by atoms with Crippen LogP contribution in [0.15, 0.2) is 58.5 Å². The van der Waals surface area contributed by atoms with Crippen LogP contribution in [0.4, 0.5) is 5.69 Å². The van der Waals surface area contributed by atoms with Gasteiger partial charge in [-0.1, -0.05) is 53.2 Å². The van der Waals surface area contributed by atoms with Crippen molar-refractivity contribution >= 4 is 35.0 Å². The number of benzene rings is 2. The van der Waals surface area contributed by atoms with Crippen LogP contribution in [-0.2, 0) is 11.2 Å². The van der Waals surface area contributed by atoms with Crippen molar-refractivity contribution in [3.8, 4) is 0 Å². The van der Waals surface area contributed by atoms with Gasteiger partial charge in [0.05, 0.1) is 5.75 Å². The van der Waals surface area contributed by atoms with Crippen LogP contribution in [-0.4, -0.2) is 26.5 Å². The maximum absolute atomic E-state index is 12.4. The van der Waals surface area contributed by atoms with Crippen molar-refractivity contribution in [1.29, 1.82) is 0 Å². The largest absolute Gasteiger partial charge is 0.334 e. The molecule has 0 aliphatic carbocycles. The van der Waals surface area contributed by atoms with Crippen molar-refractivity contribution < 1.29 is 4.79 Å². The van der Waals surface area contributed by atoms with Crippen molar-refractivity contribution in [3.05, 3.63) is 80.7 Å². The molecule has 7 nitrogen and oxygen atoms in total. The highest BCUT2D eigenvalue weighted by Gasteiger charge is 2.13. The summed E-state index contributed by atoms with van der Waals surface area (Å²) < 4.78 is 0.913. The molecular formula is C19H18ClN5O2S. The number of thioether (sulfide) groups is 1. The molecule has 3 rings (SSSR count). The minimum atomic E-state index is -0.462. The number of rotatable bonds is 6. The lowest BCUT2D eigenvalue weighted by Crippen LogP contribution is -2.34. The van der Waals surface area contributed by atoms with Crippen molar-refractivity contribution in [3.63, 3.8) is 0 Å². The van der Waals surface area contributed by atoms with E-state index in [-0.39, 0.29) is 28.9 Å². The molecule has 0 bridgehead atoms. The Labute approximate surface area is 170 Å². The zero-order valence-electron chi connectivity index (χ0n) is 15.1. The first-order chi connectivity index (χ1) is 13.4. The van der Waals surface area contributed by atoms with Gasteiger partial charge in [-0.05, 0) is 36.8 Å². The Morgan fingerprint density at radius 2 is 1.96 bits per heavy atom. The zero-order valence-corrected chi connectivity index (χ0v) is 16.6. The van der Waals surface area contributed by atoms with E-state index in [0.717, 1.165) is 27.6 Å². The molecule has 0 atom stereocenters. The normalized spacial score (nSPS) is 10.6. The Morgan fingerprint density at radius 1 is 1.21 bits per heavy atom. The molecular weight excluding hydrogens is 398 g/mol. The topological polar surface area (TPSA) is 103 Å². The van der Waals surface area contributed by atoms with Crippen LogP contribution >= 0.6 is 23.4 Å². The van der Waals surface area contributed by atoms with Crippen LogP contribution in [0.5, 0.6) is 0 Å². The maximum Gasteiger partial charge on any atom is 0.294 e. The minimum Gasteiger partial charge on any atom is -0.334 e. The number of nitrogen functional groups attached to an aromatic ring is 1. The average molecular weight is 416 g/mol. The SMILES string of the molecule is Cc1ccc(NC(=O)CSc2nnc(Cc3cccc(Cl)c3)c(=O)n2N)cc1. The number of aromatic nitrogens is 3. The summed E-state index contributed by atoms with van der Waals surface area (Å²) in [7, 11) is 0. The van der Waals surface area contributed by atoms with Gasteiger partial charge in [0.15, 0.2) is 0 Å². The Balaban J connectivity index is 1.64. The Bertz CT molecular complexity index is 1050. The quantitative estimate of drug-likeness (QED) is 0.474. The third-order valence-corrected chi connectivity index (χ3v) is 5.03. The number of halogens is 1. The van der Waals surface area contributed by atoms with Gasteiger partial charge in [-0.2, -0.15) is 4.68 Å². The smallest absolute Gasteiger partial charge is 0.294 e. The molecule has 0 unspecified atom stereocenters. The van der Waals surface area contributed by atoms with E-state index in [2.05, 4.69) is 15.5 Å². The van der Waals surface area contributed by atoms with Crippen LogP contribution in [0.2, 0.25) is 5.02 Å². The lowest BCUT2D eigenvalue weighted by atomic mass is 10.1. The van der Waals surface area contributed by atoms with Crippen molar-refractivity contribution in [1.82, 2.24) is 14.9 Å². The summed E-state index contributed by atoms with van der Waals surface area (Å²) >= 11 is 7.00. The van der Waals surface area contributed by atoms with E-state index in [4.69, 9.17) is 17.4 Å². The highest BCUT2D eigenvalue weighted by Crippen LogP contribution is 2.15. The van der Waals surface area contributed by atoms with Crippen LogP contribution in [0.1, 0.15) is 16.8 Å². The van der Waals surface area contributed by atoms with E-state index < -0.39 is 5.56 Å². The number of aryl methyl sites for hydroxylation is 1. The van der Waals surface area contributed by atoms with E-state index >= 15 is 0 Å². The van der Waals surface area contributed by atoms with Gasteiger partial charge >= 0.3 is 0 Å². The fourth-order valence-corrected chi connectivity index (χ4v) is 3.30. The molecule has 28 heavy (non-hydrogen) atoms. The molecule has 0 aliphatic rings. The molecule has 0 saturated carbocycles. The molecule has 1 aromatic heterocycles. The number of nitrogens with two attached hydrogens (primary N) is 1. The van der Waals surface area contributed by atoms with Gasteiger partial charge in [0, 0.05) is 17.1 Å². The lowest BCUT2D eigenvalue weighted by molar-refractivity contribution is -0.113. The van der Waals surface area contributed by atoms with E-state index in [1.165, 1.54) is 0 Å². The van der Waals surface area contributed by atoms with Crippen LogP contribution in [0.3, 0.4) is 0 Å². The number of carbonyl (C=O) groups excluding carboxylic acids is 1. The van der Waals surface area contributed by atoms with E-state index in [0.29, 0.717) is 10.7 Å². The molecule has 3 aromatic rings. The molecule has 0 saturated heterocycles. The molecule has 3 N–H and O–H groups in total. The second-order valence-corrected chi connectivity index (χ2v) is 7.49. The predicted molar refractivity (Wildman–Crippen MR) is 111 cm³/mol. The number of nitrogens with zero attached hydrogens (tertiary/aromatic N) is 3. The lowest BCUT2D eigenvalue weighted by Gasteiger charge is -2.08. The number of hydrogen-bond acceptors (Lipinski definition) is 6. The number of hydrogen-bond donors (Lipinski definition) is 2. The molecule has 144 valence electrons. The fourth-order valence-electron chi connectivity index (χ4n) is 2.43. The van der Waals surface area contributed by atoms with E-state index in [1.54, 1.807) is 18.2 Å². The molecule has 0 radical (unpaired) electrons. The van der Waals surface area contributed by atoms with Crippen LogP contribution < -0.4 is 16.7 Å².